The summed E-state index contributed by atoms with van der Waals surface area (Å²) in [6, 6.07) is 5.86. The van der Waals surface area contributed by atoms with Gasteiger partial charge in [0.2, 0.25) is 0 Å². The molecule has 1 aromatic heterocycles. The smallest absolute Gasteiger partial charge is 0.416 e. The van der Waals surface area contributed by atoms with Crippen LogP contribution in [-0.2, 0) is 17.5 Å². The quantitative estimate of drug-likeness (QED) is 0.127. The first-order valence-electron chi connectivity index (χ1n) is 12.9. The van der Waals surface area contributed by atoms with Gasteiger partial charge in [0, 0.05) is 44.1 Å². The number of carbonyl (C=O) groups excluding carboxylic acids is 1. The van der Waals surface area contributed by atoms with Crippen molar-refractivity contribution in [3.8, 4) is 5.75 Å². The van der Waals surface area contributed by atoms with Crippen molar-refractivity contribution in [2.45, 2.75) is 51.7 Å². The summed E-state index contributed by atoms with van der Waals surface area (Å²) in [4.78, 5) is 12.5. The lowest BCUT2D eigenvalue weighted by Gasteiger charge is -2.16. The van der Waals surface area contributed by atoms with Gasteiger partial charge in [0.05, 0.1) is 35.7 Å². The number of fused-ring (bicyclic) bond motifs is 1. The van der Waals surface area contributed by atoms with Gasteiger partial charge in [-0.3, -0.25) is 9.48 Å². The molecular weight excluding hydrogens is 514 g/mol. The predicted molar refractivity (Wildman–Crippen MR) is 143 cm³/mol. The Morgan fingerprint density at radius 3 is 2.54 bits per heavy atom. The fourth-order valence-electron chi connectivity index (χ4n) is 4.67. The molecule has 0 saturated carbocycles. The number of hydrogen-bond acceptors (Lipinski definition) is 5. The van der Waals surface area contributed by atoms with E-state index in [1.165, 1.54) is 0 Å². The van der Waals surface area contributed by atoms with E-state index in [1.54, 1.807) is 14.2 Å². The summed E-state index contributed by atoms with van der Waals surface area (Å²) in [6.45, 7) is 7.97. The second-order valence-electron chi connectivity index (χ2n) is 9.49. The molecule has 1 unspecified atom stereocenters. The number of halogens is 4. The number of methoxy groups -OCH3 is 2. The molecule has 3 rings (SSSR count). The number of ketones is 1. The molecule has 39 heavy (non-hydrogen) atoms. The molecule has 0 radical (unpaired) electrons. The first kappa shape index (κ1) is 30.1. The maximum absolute atomic E-state index is 14.2. The molecule has 2 aromatic carbocycles. The first-order valence-corrected chi connectivity index (χ1v) is 12.9. The molecule has 0 fully saturated rings. The van der Waals surface area contributed by atoms with Gasteiger partial charge in [0.1, 0.15) is 11.6 Å². The molecule has 10 heteroatoms. The van der Waals surface area contributed by atoms with Gasteiger partial charge in [-0.05, 0) is 55.5 Å². The molecule has 0 saturated heterocycles. The Bertz CT molecular complexity index is 1290. The summed E-state index contributed by atoms with van der Waals surface area (Å²) >= 11 is 0. The van der Waals surface area contributed by atoms with Crippen molar-refractivity contribution in [2.75, 3.05) is 27.4 Å². The Balaban J connectivity index is 1.66. The van der Waals surface area contributed by atoms with Crippen LogP contribution in [0.25, 0.3) is 16.6 Å². The number of ether oxygens (including phenoxy) is 2. The van der Waals surface area contributed by atoms with Gasteiger partial charge in [-0.2, -0.15) is 18.3 Å². The zero-order valence-electron chi connectivity index (χ0n) is 22.5. The summed E-state index contributed by atoms with van der Waals surface area (Å²) in [6.07, 6.45) is 0.360. The highest BCUT2D eigenvalue weighted by Gasteiger charge is 2.31. The molecule has 1 heterocycles. The SMILES string of the molecule is C=C(NCCOC)c1ccc2nn(CC(CCC)CCCC(=O)c3ccc(C(F)(F)F)cc3F)cc2c1OC. The minimum absolute atomic E-state index is 0.0545. The first-order chi connectivity index (χ1) is 18.6. The molecule has 0 bridgehead atoms. The van der Waals surface area contributed by atoms with E-state index in [1.807, 2.05) is 23.0 Å². The molecule has 0 aliphatic rings. The van der Waals surface area contributed by atoms with E-state index in [9.17, 15) is 22.4 Å². The van der Waals surface area contributed by atoms with E-state index in [0.29, 0.717) is 44.4 Å². The van der Waals surface area contributed by atoms with E-state index in [0.717, 1.165) is 47.1 Å². The van der Waals surface area contributed by atoms with Crippen molar-refractivity contribution in [1.82, 2.24) is 15.1 Å². The van der Waals surface area contributed by atoms with Crippen molar-refractivity contribution in [1.29, 1.82) is 0 Å². The van der Waals surface area contributed by atoms with E-state index in [2.05, 4.69) is 18.8 Å². The van der Waals surface area contributed by atoms with Gasteiger partial charge in [-0.1, -0.05) is 19.9 Å². The van der Waals surface area contributed by atoms with Crippen LogP contribution in [0.5, 0.6) is 5.75 Å². The van der Waals surface area contributed by atoms with Crippen LogP contribution < -0.4 is 10.1 Å². The molecule has 6 nitrogen and oxygen atoms in total. The molecular formula is C29H35F4N3O3. The van der Waals surface area contributed by atoms with Crippen LogP contribution in [0.15, 0.2) is 43.1 Å². The summed E-state index contributed by atoms with van der Waals surface area (Å²) in [5.74, 6) is -0.762. The van der Waals surface area contributed by atoms with Gasteiger partial charge in [-0.25, -0.2) is 4.39 Å². The summed E-state index contributed by atoms with van der Waals surface area (Å²) in [7, 11) is 3.24. The Morgan fingerprint density at radius 1 is 1.15 bits per heavy atom. The maximum Gasteiger partial charge on any atom is 0.416 e. The zero-order chi connectivity index (χ0) is 28.6. The molecule has 212 valence electrons. The Labute approximate surface area is 226 Å². The summed E-state index contributed by atoms with van der Waals surface area (Å²) < 4.78 is 65.2. The van der Waals surface area contributed by atoms with Crippen LogP contribution in [0.2, 0.25) is 0 Å². The summed E-state index contributed by atoms with van der Waals surface area (Å²) in [5, 5.41) is 8.79. The second kappa shape index (κ2) is 13.6. The molecule has 3 aromatic rings. The molecule has 0 amide bonds. The highest BCUT2D eigenvalue weighted by molar-refractivity contribution is 5.96. The third-order valence-corrected chi connectivity index (χ3v) is 6.62. The van der Waals surface area contributed by atoms with Crippen LogP contribution in [0.3, 0.4) is 0 Å². The van der Waals surface area contributed by atoms with Crippen molar-refractivity contribution in [3.63, 3.8) is 0 Å². The standard InChI is InChI=1S/C29H35F4N3O3/c1-5-7-20(8-6-9-27(37)23-11-10-21(16-25(23)30)29(31,32)33)17-36-18-24-26(35-36)13-12-22(28(24)39-4)19(2)34-14-15-38-3/h10-13,16,18,20,34H,2,5-9,14-15,17H2,1,3-4H3. The lowest BCUT2D eigenvalue weighted by Crippen LogP contribution is -2.17. The van der Waals surface area contributed by atoms with Crippen molar-refractivity contribution in [3.05, 3.63) is 65.6 Å². The highest BCUT2D eigenvalue weighted by atomic mass is 19.4. The Morgan fingerprint density at radius 2 is 1.90 bits per heavy atom. The van der Waals surface area contributed by atoms with Gasteiger partial charge >= 0.3 is 6.18 Å². The fraction of sp³-hybridized carbons (Fsp3) is 0.448. The van der Waals surface area contributed by atoms with Gasteiger partial charge in [-0.15, -0.1) is 0 Å². The average molecular weight is 550 g/mol. The van der Waals surface area contributed by atoms with Crippen LogP contribution in [0.4, 0.5) is 17.6 Å². The number of carbonyl (C=O) groups is 1. The number of alkyl halides is 3. The van der Waals surface area contributed by atoms with Gasteiger partial charge in [0.25, 0.3) is 0 Å². The number of nitrogens with one attached hydrogen (secondary N) is 1. The number of nitrogens with zero attached hydrogens (tertiary/aromatic N) is 2. The third kappa shape index (κ3) is 7.81. The van der Waals surface area contributed by atoms with Crippen molar-refractivity contribution in [2.24, 2.45) is 5.92 Å². The van der Waals surface area contributed by atoms with Gasteiger partial charge < -0.3 is 14.8 Å². The van der Waals surface area contributed by atoms with E-state index < -0.39 is 23.3 Å². The normalized spacial score (nSPS) is 12.5. The van der Waals surface area contributed by atoms with E-state index >= 15 is 0 Å². The monoisotopic (exact) mass is 549 g/mol. The Kier molecular flexibility index (Phi) is 10.5. The second-order valence-corrected chi connectivity index (χ2v) is 9.49. The molecule has 1 N–H and O–H groups in total. The van der Waals surface area contributed by atoms with Crippen molar-refractivity contribution < 1.29 is 31.8 Å². The lowest BCUT2D eigenvalue weighted by atomic mass is 9.95. The van der Waals surface area contributed by atoms with Crippen LogP contribution in [0, 0.1) is 11.7 Å². The molecule has 0 aliphatic carbocycles. The topological polar surface area (TPSA) is 65.4 Å². The fourth-order valence-corrected chi connectivity index (χ4v) is 4.67. The number of aromatic nitrogens is 2. The number of rotatable bonds is 15. The van der Waals surface area contributed by atoms with E-state index in [-0.39, 0.29) is 17.9 Å². The number of benzene rings is 2. The maximum atomic E-state index is 14.2. The predicted octanol–water partition coefficient (Wildman–Crippen LogP) is 6.88. The Hall–Kier alpha value is -3.40. The van der Waals surface area contributed by atoms with Gasteiger partial charge in [0.15, 0.2) is 5.78 Å². The van der Waals surface area contributed by atoms with Crippen LogP contribution in [-0.4, -0.2) is 42.9 Å². The van der Waals surface area contributed by atoms with Crippen LogP contribution >= 0.6 is 0 Å². The molecule has 0 spiro atoms. The minimum atomic E-state index is -4.66. The molecule has 0 aliphatic heterocycles. The minimum Gasteiger partial charge on any atom is -0.495 e. The average Bonchev–Trinajstić information content (AvgIpc) is 3.30. The van der Waals surface area contributed by atoms with E-state index in [4.69, 9.17) is 14.6 Å². The number of hydrogen-bond donors (Lipinski definition) is 1. The number of Topliss-reactive ketones (excluding diaryl/α,β-unsaturated/α-hetero) is 1. The summed E-state index contributed by atoms with van der Waals surface area (Å²) in [5.41, 5.74) is 0.913. The highest BCUT2D eigenvalue weighted by Crippen LogP contribution is 2.33. The third-order valence-electron chi connectivity index (χ3n) is 6.62. The zero-order valence-corrected chi connectivity index (χ0v) is 22.5. The molecule has 1 atom stereocenters. The lowest BCUT2D eigenvalue weighted by molar-refractivity contribution is -0.137. The largest absolute Gasteiger partial charge is 0.495 e. The van der Waals surface area contributed by atoms with Crippen LogP contribution in [0.1, 0.15) is 60.5 Å². The van der Waals surface area contributed by atoms with Crippen molar-refractivity contribution >= 4 is 22.4 Å².